The summed E-state index contributed by atoms with van der Waals surface area (Å²) in [4.78, 5) is 8.54. The van der Waals surface area contributed by atoms with Crippen molar-refractivity contribution in [3.63, 3.8) is 0 Å². The highest BCUT2D eigenvalue weighted by Crippen LogP contribution is 2.26. The minimum absolute atomic E-state index is 0.563. The van der Waals surface area contributed by atoms with Gasteiger partial charge in [-0.1, -0.05) is 26.7 Å². The van der Waals surface area contributed by atoms with Crippen LogP contribution >= 0.6 is 0 Å². The first kappa shape index (κ1) is 13.1. The van der Waals surface area contributed by atoms with Gasteiger partial charge in [0.1, 0.15) is 18.0 Å². The molecule has 1 fully saturated rings. The normalized spacial score (nSPS) is 23.7. The SMILES string of the molecule is CCCNc1cc(NC2CCCCC2C)ncn1. The number of anilines is 2. The fraction of sp³-hybridized carbons (Fsp3) is 0.714. The largest absolute Gasteiger partial charge is 0.370 e. The molecule has 0 saturated heterocycles. The van der Waals surface area contributed by atoms with Crippen molar-refractivity contribution in [2.75, 3.05) is 17.2 Å². The third-order valence-corrected chi connectivity index (χ3v) is 3.67. The Bertz CT molecular complexity index is 367. The summed E-state index contributed by atoms with van der Waals surface area (Å²) < 4.78 is 0. The van der Waals surface area contributed by atoms with E-state index in [9.17, 15) is 0 Å². The minimum atomic E-state index is 0.563. The molecule has 100 valence electrons. The van der Waals surface area contributed by atoms with Crippen molar-refractivity contribution in [1.82, 2.24) is 9.97 Å². The Morgan fingerprint density at radius 3 is 2.78 bits per heavy atom. The molecule has 1 saturated carbocycles. The average Bonchev–Trinajstić information content (AvgIpc) is 2.40. The zero-order valence-electron chi connectivity index (χ0n) is 11.4. The molecule has 2 rings (SSSR count). The van der Waals surface area contributed by atoms with E-state index in [0.717, 1.165) is 30.5 Å². The Morgan fingerprint density at radius 1 is 1.22 bits per heavy atom. The number of rotatable bonds is 5. The molecule has 1 aliphatic carbocycles. The van der Waals surface area contributed by atoms with Gasteiger partial charge in [0.2, 0.25) is 0 Å². The molecular weight excluding hydrogens is 224 g/mol. The highest BCUT2D eigenvalue weighted by atomic mass is 15.1. The maximum atomic E-state index is 4.31. The molecule has 0 radical (unpaired) electrons. The van der Waals surface area contributed by atoms with Crippen molar-refractivity contribution in [2.24, 2.45) is 5.92 Å². The second kappa shape index (κ2) is 6.57. The molecule has 2 atom stereocenters. The number of nitrogens with zero attached hydrogens (tertiary/aromatic N) is 2. The fourth-order valence-corrected chi connectivity index (χ4v) is 2.51. The van der Waals surface area contributed by atoms with Gasteiger partial charge in [-0.05, 0) is 25.2 Å². The van der Waals surface area contributed by atoms with Gasteiger partial charge < -0.3 is 10.6 Å². The summed E-state index contributed by atoms with van der Waals surface area (Å²) in [5, 5.41) is 6.85. The summed E-state index contributed by atoms with van der Waals surface area (Å²) in [7, 11) is 0. The number of nitrogens with one attached hydrogen (secondary N) is 2. The summed E-state index contributed by atoms with van der Waals surface area (Å²) in [6.45, 7) is 5.43. The van der Waals surface area contributed by atoms with Crippen LogP contribution in [0.5, 0.6) is 0 Å². The number of hydrogen-bond acceptors (Lipinski definition) is 4. The summed E-state index contributed by atoms with van der Waals surface area (Å²) in [5.74, 6) is 2.60. The second-order valence-corrected chi connectivity index (χ2v) is 5.23. The first-order valence-corrected chi connectivity index (χ1v) is 7.12. The van der Waals surface area contributed by atoms with Gasteiger partial charge in [0.05, 0.1) is 0 Å². The quantitative estimate of drug-likeness (QED) is 0.839. The smallest absolute Gasteiger partial charge is 0.131 e. The van der Waals surface area contributed by atoms with Gasteiger partial charge in [-0.25, -0.2) is 9.97 Å². The molecule has 0 amide bonds. The van der Waals surface area contributed by atoms with Gasteiger partial charge in [0, 0.05) is 18.7 Å². The monoisotopic (exact) mass is 248 g/mol. The molecule has 0 bridgehead atoms. The molecule has 1 aromatic rings. The van der Waals surface area contributed by atoms with Crippen molar-refractivity contribution < 1.29 is 0 Å². The summed E-state index contributed by atoms with van der Waals surface area (Å²) in [6.07, 6.45) is 8.01. The van der Waals surface area contributed by atoms with Crippen LogP contribution in [0.4, 0.5) is 11.6 Å². The van der Waals surface area contributed by atoms with E-state index < -0.39 is 0 Å². The van der Waals surface area contributed by atoms with E-state index >= 15 is 0 Å². The van der Waals surface area contributed by atoms with Gasteiger partial charge in [-0.2, -0.15) is 0 Å². The lowest BCUT2D eigenvalue weighted by Crippen LogP contribution is -2.30. The standard InChI is InChI=1S/C14H24N4/c1-3-8-15-13-9-14(17-10-16-13)18-12-7-5-4-6-11(12)2/h9-12H,3-8H2,1-2H3,(H2,15,16,17,18). The number of hydrogen-bond donors (Lipinski definition) is 2. The Balaban J connectivity index is 1.95. The van der Waals surface area contributed by atoms with Crippen LogP contribution in [0, 0.1) is 5.92 Å². The van der Waals surface area contributed by atoms with Crippen molar-refractivity contribution >= 4 is 11.6 Å². The summed E-state index contributed by atoms with van der Waals surface area (Å²) in [5.41, 5.74) is 0. The molecule has 1 aromatic heterocycles. The Labute approximate surface area is 110 Å². The maximum Gasteiger partial charge on any atom is 0.131 e. The second-order valence-electron chi connectivity index (χ2n) is 5.23. The molecule has 0 spiro atoms. The molecule has 0 aromatic carbocycles. The van der Waals surface area contributed by atoms with Crippen molar-refractivity contribution in [3.8, 4) is 0 Å². The van der Waals surface area contributed by atoms with Crippen LogP contribution in [-0.2, 0) is 0 Å². The van der Waals surface area contributed by atoms with E-state index in [1.165, 1.54) is 25.7 Å². The van der Waals surface area contributed by atoms with E-state index in [4.69, 9.17) is 0 Å². The molecule has 1 aliphatic rings. The molecule has 1 heterocycles. The fourth-order valence-electron chi connectivity index (χ4n) is 2.51. The third-order valence-electron chi connectivity index (χ3n) is 3.67. The van der Waals surface area contributed by atoms with Crippen LogP contribution in [0.2, 0.25) is 0 Å². The molecular formula is C14H24N4. The van der Waals surface area contributed by atoms with E-state index in [2.05, 4.69) is 34.4 Å². The zero-order chi connectivity index (χ0) is 12.8. The van der Waals surface area contributed by atoms with Crippen LogP contribution in [-0.4, -0.2) is 22.6 Å². The van der Waals surface area contributed by atoms with E-state index in [0.29, 0.717) is 6.04 Å². The Morgan fingerprint density at radius 2 is 2.00 bits per heavy atom. The average molecular weight is 248 g/mol. The van der Waals surface area contributed by atoms with Crippen molar-refractivity contribution in [1.29, 1.82) is 0 Å². The third kappa shape index (κ3) is 3.59. The summed E-state index contributed by atoms with van der Waals surface area (Å²) in [6, 6.07) is 2.57. The minimum Gasteiger partial charge on any atom is -0.370 e. The van der Waals surface area contributed by atoms with Crippen LogP contribution < -0.4 is 10.6 Å². The van der Waals surface area contributed by atoms with Crippen molar-refractivity contribution in [2.45, 2.75) is 52.0 Å². The predicted octanol–water partition coefficient (Wildman–Crippen LogP) is 3.29. The van der Waals surface area contributed by atoms with E-state index in [1.54, 1.807) is 6.33 Å². The predicted molar refractivity (Wildman–Crippen MR) is 75.9 cm³/mol. The van der Waals surface area contributed by atoms with E-state index in [-0.39, 0.29) is 0 Å². The molecule has 0 aliphatic heterocycles. The Hall–Kier alpha value is -1.32. The van der Waals surface area contributed by atoms with E-state index in [1.807, 2.05) is 6.07 Å². The topological polar surface area (TPSA) is 49.8 Å². The van der Waals surface area contributed by atoms with Gasteiger partial charge in [-0.15, -0.1) is 0 Å². The highest BCUT2D eigenvalue weighted by Gasteiger charge is 2.21. The maximum absolute atomic E-state index is 4.31. The molecule has 2 unspecified atom stereocenters. The van der Waals surface area contributed by atoms with Crippen LogP contribution in [0.25, 0.3) is 0 Å². The van der Waals surface area contributed by atoms with Gasteiger partial charge in [-0.3, -0.25) is 0 Å². The first-order chi connectivity index (χ1) is 8.79. The van der Waals surface area contributed by atoms with Gasteiger partial charge in [0.15, 0.2) is 0 Å². The highest BCUT2D eigenvalue weighted by molar-refractivity contribution is 5.47. The Kier molecular flexibility index (Phi) is 4.79. The first-order valence-electron chi connectivity index (χ1n) is 7.12. The lowest BCUT2D eigenvalue weighted by molar-refractivity contribution is 0.349. The van der Waals surface area contributed by atoms with Crippen molar-refractivity contribution in [3.05, 3.63) is 12.4 Å². The molecule has 18 heavy (non-hydrogen) atoms. The molecule has 2 N–H and O–H groups in total. The molecule has 4 heteroatoms. The van der Waals surface area contributed by atoms with Crippen LogP contribution in [0.3, 0.4) is 0 Å². The zero-order valence-corrected chi connectivity index (χ0v) is 11.4. The lowest BCUT2D eigenvalue weighted by atomic mass is 9.86. The van der Waals surface area contributed by atoms with Gasteiger partial charge >= 0.3 is 0 Å². The molecule has 4 nitrogen and oxygen atoms in total. The van der Waals surface area contributed by atoms with Gasteiger partial charge in [0.25, 0.3) is 0 Å². The van der Waals surface area contributed by atoms with Crippen LogP contribution in [0.15, 0.2) is 12.4 Å². The van der Waals surface area contributed by atoms with Crippen LogP contribution in [0.1, 0.15) is 46.0 Å². The summed E-state index contributed by atoms with van der Waals surface area (Å²) >= 11 is 0. The number of aromatic nitrogens is 2. The lowest BCUT2D eigenvalue weighted by Gasteiger charge is -2.29.